The number of likely N-dealkylation sites (tertiary alicyclic amines) is 1. The molecule has 1 aliphatic heterocycles. The van der Waals surface area contributed by atoms with Crippen molar-refractivity contribution in [1.82, 2.24) is 24.4 Å². The van der Waals surface area contributed by atoms with Crippen LogP contribution in [0.1, 0.15) is 48.7 Å². The summed E-state index contributed by atoms with van der Waals surface area (Å²) in [6.45, 7) is 10.9. The van der Waals surface area contributed by atoms with Crippen LogP contribution in [-0.2, 0) is 24.2 Å². The van der Waals surface area contributed by atoms with Crippen LogP contribution < -0.4 is 5.32 Å². The van der Waals surface area contributed by atoms with E-state index in [0.717, 1.165) is 72.8 Å². The van der Waals surface area contributed by atoms with E-state index in [1.165, 1.54) is 24.7 Å². The number of nitrogens with one attached hydrogen (secondary N) is 1. The van der Waals surface area contributed by atoms with E-state index in [0.29, 0.717) is 41.4 Å². The maximum atomic E-state index is 12.9. The fourth-order valence-corrected chi connectivity index (χ4v) is 7.11. The Balaban J connectivity index is 1.04. The first-order valence-electron chi connectivity index (χ1n) is 16.0. The third kappa shape index (κ3) is 8.68. The first-order chi connectivity index (χ1) is 22.7. The van der Waals surface area contributed by atoms with Crippen molar-refractivity contribution in [2.75, 3.05) is 38.2 Å². The maximum Gasteiger partial charge on any atom is 0.393 e. The van der Waals surface area contributed by atoms with Gasteiger partial charge in [-0.15, -0.1) is 11.3 Å². The number of thiophene rings is 1. The molecule has 6 rings (SSSR count). The van der Waals surface area contributed by atoms with Gasteiger partial charge in [-0.05, 0) is 73.9 Å². The summed E-state index contributed by atoms with van der Waals surface area (Å²) < 4.78 is 46.6. The third-order valence-corrected chi connectivity index (χ3v) is 9.69. The first-order valence-corrected chi connectivity index (χ1v) is 16.8. The van der Waals surface area contributed by atoms with Crippen LogP contribution in [0.4, 0.5) is 19.0 Å². The number of halogens is 3. The number of benzene rings is 1. The van der Waals surface area contributed by atoms with Crippen molar-refractivity contribution in [2.24, 2.45) is 11.0 Å². The molecule has 0 atom stereocenters. The molecule has 2 aliphatic rings. The van der Waals surface area contributed by atoms with E-state index in [4.69, 9.17) is 4.74 Å². The molecule has 47 heavy (non-hydrogen) atoms. The number of ether oxygens (including phenoxy) is 1. The molecule has 1 aromatic carbocycles. The number of hydrogen-bond acceptors (Lipinski definition) is 9. The van der Waals surface area contributed by atoms with E-state index < -0.39 is 12.6 Å². The number of piperidine rings is 1. The molecule has 1 saturated carbocycles. The van der Waals surface area contributed by atoms with Gasteiger partial charge in [0, 0.05) is 67.5 Å². The zero-order chi connectivity index (χ0) is 33.0. The Kier molecular flexibility index (Phi) is 10.1. The van der Waals surface area contributed by atoms with Gasteiger partial charge in [-0.25, -0.2) is 9.97 Å². The van der Waals surface area contributed by atoms with Gasteiger partial charge in [0.1, 0.15) is 28.7 Å². The van der Waals surface area contributed by atoms with Gasteiger partial charge in [0.25, 0.3) is 0 Å². The van der Waals surface area contributed by atoms with Crippen molar-refractivity contribution in [3.63, 3.8) is 0 Å². The maximum absolute atomic E-state index is 12.9. The molecule has 1 aliphatic carbocycles. The largest absolute Gasteiger partial charge is 0.393 e. The van der Waals surface area contributed by atoms with Gasteiger partial charge in [0.2, 0.25) is 0 Å². The van der Waals surface area contributed by atoms with Crippen LogP contribution in [-0.4, -0.2) is 76.2 Å². The summed E-state index contributed by atoms with van der Waals surface area (Å²) in [5.74, 6) is 1.32. The van der Waals surface area contributed by atoms with Crippen molar-refractivity contribution in [2.45, 2.75) is 64.3 Å². The van der Waals surface area contributed by atoms with Crippen molar-refractivity contribution < 1.29 is 17.9 Å². The molecule has 2 fully saturated rings. The summed E-state index contributed by atoms with van der Waals surface area (Å²) in [5.41, 5.74) is 3.85. The zero-order valence-electron chi connectivity index (χ0n) is 26.5. The lowest BCUT2D eigenvalue weighted by atomic mass is 10.0. The summed E-state index contributed by atoms with van der Waals surface area (Å²) in [6, 6.07) is 12.4. The summed E-state index contributed by atoms with van der Waals surface area (Å²) in [6.07, 6.45) is 2.46. The molecule has 248 valence electrons. The molecule has 0 unspecified atom stereocenters. The second-order valence-corrected chi connectivity index (χ2v) is 13.7. The normalized spacial score (nSPS) is 16.5. The second-order valence-electron chi connectivity index (χ2n) is 12.6. The standard InChI is InChI=1S/C34H39F3N8OS/c1-23(18-44(39-2)11-12-46-21-24-3-4-24)19-45-28(17-38)14-26-13-25(5-6-31(26)45)20-43-9-7-27(8-10-43)42-32-30-15-29(16-34(35,36)37)47-33(30)41-22-40-32/h5-6,13-15,18,22,24,27H,2-4,7-12,16,19-21H2,1H3,(H,40,41,42). The molecule has 13 heteroatoms. The van der Waals surface area contributed by atoms with E-state index in [-0.39, 0.29) is 10.9 Å². The molecule has 1 saturated heterocycles. The van der Waals surface area contributed by atoms with Gasteiger partial charge in [-0.2, -0.15) is 23.5 Å². The van der Waals surface area contributed by atoms with Crippen LogP contribution in [0.15, 0.2) is 53.5 Å². The van der Waals surface area contributed by atoms with Crippen LogP contribution in [0, 0.1) is 17.2 Å². The number of hydrogen-bond donors (Lipinski definition) is 1. The highest BCUT2D eigenvalue weighted by molar-refractivity contribution is 7.18. The minimum Gasteiger partial charge on any atom is -0.379 e. The summed E-state index contributed by atoms with van der Waals surface area (Å²) in [4.78, 5) is 11.7. The average molecular weight is 665 g/mol. The third-order valence-electron chi connectivity index (χ3n) is 8.64. The lowest BCUT2D eigenvalue weighted by Gasteiger charge is -2.32. The smallest absolute Gasteiger partial charge is 0.379 e. The Bertz CT molecular complexity index is 1780. The Labute approximate surface area is 276 Å². The first kappa shape index (κ1) is 32.9. The summed E-state index contributed by atoms with van der Waals surface area (Å²) >= 11 is 1.06. The lowest BCUT2D eigenvalue weighted by Crippen LogP contribution is -2.38. The van der Waals surface area contributed by atoms with E-state index >= 15 is 0 Å². The van der Waals surface area contributed by atoms with E-state index in [9.17, 15) is 18.4 Å². The molecule has 0 amide bonds. The molecule has 0 radical (unpaired) electrons. The fraction of sp³-hybridized carbons (Fsp3) is 0.471. The van der Waals surface area contributed by atoms with Crippen molar-refractivity contribution >= 4 is 45.0 Å². The molecular formula is C34H39F3N8OS. The van der Waals surface area contributed by atoms with Crippen LogP contribution >= 0.6 is 11.3 Å². The van der Waals surface area contributed by atoms with Gasteiger partial charge in [0.05, 0.1) is 25.0 Å². The topological polar surface area (TPSA) is 94.6 Å². The van der Waals surface area contributed by atoms with Gasteiger partial charge in [0.15, 0.2) is 0 Å². The fourth-order valence-electron chi connectivity index (χ4n) is 6.09. The average Bonchev–Trinajstić information content (AvgIpc) is 3.68. The number of allylic oxidation sites excluding steroid dienone is 1. The van der Waals surface area contributed by atoms with Crippen LogP contribution in [0.5, 0.6) is 0 Å². The highest BCUT2D eigenvalue weighted by atomic mass is 32.1. The number of alkyl halides is 3. The summed E-state index contributed by atoms with van der Waals surface area (Å²) in [7, 11) is 0. The van der Waals surface area contributed by atoms with Gasteiger partial charge < -0.3 is 14.6 Å². The molecule has 4 heterocycles. The van der Waals surface area contributed by atoms with E-state index in [2.05, 4.69) is 56.3 Å². The minimum atomic E-state index is -4.26. The number of hydrazone groups is 1. The molecule has 9 nitrogen and oxygen atoms in total. The molecule has 0 spiro atoms. The van der Waals surface area contributed by atoms with Gasteiger partial charge >= 0.3 is 6.18 Å². The van der Waals surface area contributed by atoms with E-state index in [1.807, 2.05) is 23.8 Å². The number of aromatic nitrogens is 3. The Morgan fingerprint density at radius 3 is 2.74 bits per heavy atom. The molecular weight excluding hydrogens is 625 g/mol. The number of fused-ring (bicyclic) bond motifs is 2. The van der Waals surface area contributed by atoms with Crippen molar-refractivity contribution in [1.29, 1.82) is 5.26 Å². The van der Waals surface area contributed by atoms with Crippen LogP contribution in [0.3, 0.4) is 0 Å². The quantitative estimate of drug-likeness (QED) is 0.0886. The molecule has 0 bridgehead atoms. The summed E-state index contributed by atoms with van der Waals surface area (Å²) in [5, 5.41) is 21.0. The van der Waals surface area contributed by atoms with Gasteiger partial charge in [-0.3, -0.25) is 9.91 Å². The monoisotopic (exact) mass is 664 g/mol. The molecule has 4 aromatic rings. The SMILES string of the molecule is C=NN(C=C(C)Cn1c(C#N)cc2cc(CN3CCC(Nc4ncnc5sc(CC(F)(F)F)cc45)CC3)ccc21)CCOCC1CC1. The zero-order valence-corrected chi connectivity index (χ0v) is 27.3. The number of rotatable bonds is 14. The van der Waals surface area contributed by atoms with Gasteiger partial charge in [-0.1, -0.05) is 6.07 Å². The predicted octanol–water partition coefficient (Wildman–Crippen LogP) is 6.95. The van der Waals surface area contributed by atoms with Crippen LogP contribution in [0.2, 0.25) is 0 Å². The highest BCUT2D eigenvalue weighted by Crippen LogP contribution is 2.33. The predicted molar refractivity (Wildman–Crippen MR) is 179 cm³/mol. The second kappa shape index (κ2) is 14.4. The molecule has 1 N–H and O–H groups in total. The number of nitrogens with zero attached hydrogens (tertiary/aromatic N) is 7. The number of anilines is 1. The Hall–Kier alpha value is -3.99. The number of nitriles is 1. The Morgan fingerprint density at radius 1 is 1.21 bits per heavy atom. The van der Waals surface area contributed by atoms with Crippen molar-refractivity contribution in [3.8, 4) is 6.07 Å². The Morgan fingerprint density at radius 2 is 2.02 bits per heavy atom. The van der Waals surface area contributed by atoms with Crippen LogP contribution in [0.25, 0.3) is 21.1 Å². The highest BCUT2D eigenvalue weighted by Gasteiger charge is 2.29. The lowest BCUT2D eigenvalue weighted by molar-refractivity contribution is -0.126. The van der Waals surface area contributed by atoms with Crippen molar-refractivity contribution in [3.05, 3.63) is 64.6 Å². The van der Waals surface area contributed by atoms with E-state index in [1.54, 1.807) is 11.1 Å². The minimum absolute atomic E-state index is 0.170. The molecule has 3 aromatic heterocycles.